The SMILES string of the molecule is C=CC1=C(C=C(C)C)C2(OC(=O)c3ccccc32)C(C=C(C)C)=C(C=C)O1. The molecule has 2 heterocycles. The second-order valence-electron chi connectivity index (χ2n) is 7.13. The molecule has 0 amide bonds. The molecule has 0 N–H and O–H groups in total. The Balaban J connectivity index is 2.49. The van der Waals surface area contributed by atoms with E-state index in [0.29, 0.717) is 17.1 Å². The highest BCUT2D eigenvalue weighted by atomic mass is 16.6. The van der Waals surface area contributed by atoms with Gasteiger partial charge in [0, 0.05) is 16.7 Å². The van der Waals surface area contributed by atoms with Crippen LogP contribution in [-0.4, -0.2) is 5.97 Å². The van der Waals surface area contributed by atoms with Crippen LogP contribution >= 0.6 is 0 Å². The van der Waals surface area contributed by atoms with Crippen LogP contribution in [0.2, 0.25) is 0 Å². The average molecular weight is 360 g/mol. The Morgan fingerprint density at radius 2 is 1.44 bits per heavy atom. The van der Waals surface area contributed by atoms with Gasteiger partial charge in [0.2, 0.25) is 0 Å². The van der Waals surface area contributed by atoms with Gasteiger partial charge in [0.05, 0.1) is 5.56 Å². The van der Waals surface area contributed by atoms with Gasteiger partial charge in [-0.25, -0.2) is 4.79 Å². The fourth-order valence-corrected chi connectivity index (χ4v) is 3.56. The average Bonchev–Trinajstić information content (AvgIpc) is 2.92. The van der Waals surface area contributed by atoms with Gasteiger partial charge in [0.1, 0.15) is 11.5 Å². The number of carbonyl (C=O) groups excluding carboxylic acids is 1. The van der Waals surface area contributed by atoms with Gasteiger partial charge >= 0.3 is 5.97 Å². The molecule has 3 nitrogen and oxygen atoms in total. The molecule has 0 bridgehead atoms. The first-order valence-electron chi connectivity index (χ1n) is 8.90. The van der Waals surface area contributed by atoms with E-state index in [2.05, 4.69) is 13.2 Å². The second-order valence-corrected chi connectivity index (χ2v) is 7.13. The van der Waals surface area contributed by atoms with Crippen molar-refractivity contribution < 1.29 is 14.3 Å². The first kappa shape index (κ1) is 18.7. The standard InChI is InChI=1S/C24H24O3/c1-7-21-19(13-15(3)4)24(20(14-16(5)6)22(8-2)26-21)18-12-10-9-11-17(18)23(25)27-24/h7-14H,1-2H2,3-6H3. The number of esters is 1. The predicted molar refractivity (Wildman–Crippen MR) is 108 cm³/mol. The Kier molecular flexibility index (Phi) is 4.79. The number of ether oxygens (including phenoxy) is 2. The zero-order valence-electron chi connectivity index (χ0n) is 16.3. The lowest BCUT2D eigenvalue weighted by molar-refractivity contribution is 0.0199. The minimum atomic E-state index is -1.09. The summed E-state index contributed by atoms with van der Waals surface area (Å²) in [6.45, 7) is 15.8. The Morgan fingerprint density at radius 1 is 0.926 bits per heavy atom. The topological polar surface area (TPSA) is 35.5 Å². The summed E-state index contributed by atoms with van der Waals surface area (Å²) in [4.78, 5) is 12.8. The smallest absolute Gasteiger partial charge is 0.340 e. The molecule has 0 atom stereocenters. The zero-order valence-corrected chi connectivity index (χ0v) is 16.3. The highest BCUT2D eigenvalue weighted by Crippen LogP contribution is 2.53. The van der Waals surface area contributed by atoms with Crippen molar-refractivity contribution in [3.8, 4) is 0 Å². The van der Waals surface area contributed by atoms with Crippen LogP contribution in [-0.2, 0) is 15.1 Å². The van der Waals surface area contributed by atoms with Gasteiger partial charge in [-0.2, -0.15) is 0 Å². The third kappa shape index (κ3) is 2.89. The molecule has 1 aromatic rings. The van der Waals surface area contributed by atoms with E-state index in [-0.39, 0.29) is 5.97 Å². The molecule has 1 aromatic carbocycles. The van der Waals surface area contributed by atoms with E-state index < -0.39 is 5.60 Å². The maximum Gasteiger partial charge on any atom is 0.340 e. The molecule has 2 aliphatic heterocycles. The number of rotatable bonds is 4. The molecule has 27 heavy (non-hydrogen) atoms. The number of allylic oxidation sites excluding steroid dienone is 4. The molecule has 0 aliphatic carbocycles. The van der Waals surface area contributed by atoms with Crippen LogP contribution in [0.4, 0.5) is 0 Å². The first-order valence-corrected chi connectivity index (χ1v) is 8.90. The minimum absolute atomic E-state index is 0.348. The van der Waals surface area contributed by atoms with Gasteiger partial charge in [0.15, 0.2) is 5.60 Å². The molecule has 3 rings (SSSR count). The lowest BCUT2D eigenvalue weighted by Gasteiger charge is -2.37. The maximum atomic E-state index is 12.8. The number of benzene rings is 1. The van der Waals surface area contributed by atoms with Gasteiger partial charge in [-0.05, 0) is 45.9 Å². The van der Waals surface area contributed by atoms with Gasteiger partial charge in [-0.1, -0.05) is 54.7 Å². The van der Waals surface area contributed by atoms with Gasteiger partial charge in [-0.3, -0.25) is 0 Å². The van der Waals surface area contributed by atoms with Crippen LogP contribution in [0.5, 0.6) is 0 Å². The summed E-state index contributed by atoms with van der Waals surface area (Å²) in [7, 11) is 0. The molecule has 0 aromatic heterocycles. The summed E-state index contributed by atoms with van der Waals surface area (Å²) >= 11 is 0. The molecule has 138 valence electrons. The quantitative estimate of drug-likeness (QED) is 0.628. The summed E-state index contributed by atoms with van der Waals surface area (Å²) in [5.41, 5.74) is 3.91. The molecular weight excluding hydrogens is 336 g/mol. The Bertz CT molecular complexity index is 913. The summed E-state index contributed by atoms with van der Waals surface area (Å²) in [5, 5.41) is 0. The van der Waals surface area contributed by atoms with Crippen LogP contribution in [0.15, 0.2) is 95.5 Å². The van der Waals surface area contributed by atoms with Crippen molar-refractivity contribution in [2.45, 2.75) is 33.3 Å². The molecule has 0 saturated heterocycles. The van der Waals surface area contributed by atoms with E-state index in [0.717, 1.165) is 27.9 Å². The van der Waals surface area contributed by atoms with Crippen molar-refractivity contribution >= 4 is 5.97 Å². The van der Waals surface area contributed by atoms with E-state index in [4.69, 9.17) is 9.47 Å². The highest BCUT2D eigenvalue weighted by Gasteiger charge is 2.54. The molecule has 2 aliphatic rings. The minimum Gasteiger partial charge on any atom is -0.456 e. The van der Waals surface area contributed by atoms with Crippen molar-refractivity contribution in [3.63, 3.8) is 0 Å². The van der Waals surface area contributed by atoms with Gasteiger partial charge < -0.3 is 9.47 Å². The molecule has 0 radical (unpaired) electrons. The fraction of sp³-hybridized carbons (Fsp3) is 0.208. The molecule has 0 unspecified atom stereocenters. The number of hydrogen-bond donors (Lipinski definition) is 0. The predicted octanol–water partition coefficient (Wildman–Crippen LogP) is 5.90. The molecule has 1 spiro atoms. The van der Waals surface area contributed by atoms with Crippen LogP contribution in [0, 0.1) is 0 Å². The van der Waals surface area contributed by atoms with E-state index in [1.807, 2.05) is 58.0 Å². The normalized spacial score (nSPS) is 17.1. The Morgan fingerprint density at radius 3 is 1.93 bits per heavy atom. The van der Waals surface area contributed by atoms with Crippen LogP contribution < -0.4 is 0 Å². The number of fused-ring (bicyclic) bond motifs is 2. The summed E-state index contributed by atoms with van der Waals surface area (Å²) in [5.74, 6) is 0.765. The van der Waals surface area contributed by atoms with Gasteiger partial charge in [0.25, 0.3) is 0 Å². The van der Waals surface area contributed by atoms with E-state index in [9.17, 15) is 4.79 Å². The Hall–Kier alpha value is -3.07. The van der Waals surface area contributed by atoms with Crippen molar-refractivity contribution in [3.05, 3.63) is 107 Å². The molecule has 0 fully saturated rings. The summed E-state index contributed by atoms with van der Waals surface area (Å²) in [6, 6.07) is 7.49. The van der Waals surface area contributed by atoms with E-state index in [1.54, 1.807) is 18.2 Å². The van der Waals surface area contributed by atoms with Crippen molar-refractivity contribution in [1.82, 2.24) is 0 Å². The van der Waals surface area contributed by atoms with E-state index in [1.165, 1.54) is 0 Å². The maximum absolute atomic E-state index is 12.8. The number of hydrogen-bond acceptors (Lipinski definition) is 3. The summed E-state index contributed by atoms with van der Waals surface area (Å²) in [6.07, 6.45) is 7.28. The van der Waals surface area contributed by atoms with Crippen molar-refractivity contribution in [2.24, 2.45) is 0 Å². The van der Waals surface area contributed by atoms with Crippen LogP contribution in [0.1, 0.15) is 43.6 Å². The van der Waals surface area contributed by atoms with Crippen molar-refractivity contribution in [2.75, 3.05) is 0 Å². The van der Waals surface area contributed by atoms with Crippen LogP contribution in [0.3, 0.4) is 0 Å². The lowest BCUT2D eigenvalue weighted by Crippen LogP contribution is -2.35. The molecule has 3 heteroatoms. The third-order valence-electron chi connectivity index (χ3n) is 4.52. The largest absolute Gasteiger partial charge is 0.456 e. The Labute approximate surface area is 160 Å². The van der Waals surface area contributed by atoms with E-state index >= 15 is 0 Å². The van der Waals surface area contributed by atoms with Crippen LogP contribution in [0.25, 0.3) is 0 Å². The molecule has 0 saturated carbocycles. The zero-order chi connectivity index (χ0) is 19.8. The second kappa shape index (κ2) is 6.92. The van der Waals surface area contributed by atoms with Crippen molar-refractivity contribution in [1.29, 1.82) is 0 Å². The third-order valence-corrected chi connectivity index (χ3v) is 4.52. The number of carbonyl (C=O) groups is 1. The fourth-order valence-electron chi connectivity index (χ4n) is 3.56. The highest BCUT2D eigenvalue weighted by molar-refractivity contribution is 5.97. The summed E-state index contributed by atoms with van der Waals surface area (Å²) < 4.78 is 12.2. The molecular formula is C24H24O3. The monoisotopic (exact) mass is 360 g/mol. The lowest BCUT2D eigenvalue weighted by atomic mass is 9.75. The van der Waals surface area contributed by atoms with Gasteiger partial charge in [-0.15, -0.1) is 0 Å². The first-order chi connectivity index (χ1) is 12.8.